The number of halogens is 1. The first kappa shape index (κ1) is 12.0. The van der Waals surface area contributed by atoms with E-state index in [0.29, 0.717) is 13.2 Å². The minimum Gasteiger partial charge on any atom is -0.491 e. The fraction of sp³-hybridized carbons (Fsp3) is 0.250. The zero-order valence-corrected chi connectivity index (χ0v) is 10.3. The smallest absolute Gasteiger partial charge is 0.165 e. The van der Waals surface area contributed by atoms with Gasteiger partial charge in [-0.25, -0.2) is 9.37 Å². The quantitative estimate of drug-likeness (QED) is 0.910. The first-order valence-corrected chi connectivity index (χ1v) is 6.13. The van der Waals surface area contributed by atoms with Gasteiger partial charge in [-0.15, -0.1) is 11.3 Å². The van der Waals surface area contributed by atoms with Crippen molar-refractivity contribution in [3.63, 3.8) is 0 Å². The predicted molar refractivity (Wildman–Crippen MR) is 66.6 cm³/mol. The van der Waals surface area contributed by atoms with Gasteiger partial charge in [0.15, 0.2) is 11.6 Å². The van der Waals surface area contributed by atoms with Gasteiger partial charge in [-0.2, -0.15) is 0 Å². The second-order valence-corrected chi connectivity index (χ2v) is 4.52. The highest BCUT2D eigenvalue weighted by atomic mass is 32.1. The van der Waals surface area contributed by atoms with E-state index in [1.54, 1.807) is 12.3 Å². The fourth-order valence-electron chi connectivity index (χ4n) is 1.46. The third-order valence-corrected chi connectivity index (χ3v) is 3.31. The average molecular weight is 252 g/mol. The molecule has 0 saturated carbocycles. The summed E-state index contributed by atoms with van der Waals surface area (Å²) < 4.78 is 18.8. The van der Waals surface area contributed by atoms with Gasteiger partial charge in [0.25, 0.3) is 0 Å². The van der Waals surface area contributed by atoms with Crippen LogP contribution >= 0.6 is 11.3 Å². The molecule has 1 heterocycles. The van der Waals surface area contributed by atoms with Crippen molar-refractivity contribution >= 4 is 11.3 Å². The number of hydrogen-bond donors (Lipinski definition) is 1. The molecule has 0 aliphatic rings. The van der Waals surface area contributed by atoms with Gasteiger partial charge in [-0.3, -0.25) is 0 Å². The fourth-order valence-corrected chi connectivity index (χ4v) is 2.26. The zero-order chi connectivity index (χ0) is 12.3. The second-order valence-electron chi connectivity index (χ2n) is 3.40. The molecule has 1 aromatic carbocycles. The summed E-state index contributed by atoms with van der Waals surface area (Å²) in [5.74, 6) is -0.0770. The maximum Gasteiger partial charge on any atom is 0.165 e. The molecule has 1 aromatic heterocycles. The lowest BCUT2D eigenvalue weighted by molar-refractivity contribution is 0.321. The molecule has 2 rings (SSSR count). The van der Waals surface area contributed by atoms with Crippen LogP contribution in [0, 0.1) is 5.82 Å². The van der Waals surface area contributed by atoms with Crippen LogP contribution < -0.4 is 10.5 Å². The molecule has 3 nitrogen and oxygen atoms in total. The average Bonchev–Trinajstić information content (AvgIpc) is 2.80. The third kappa shape index (κ3) is 2.62. The normalized spacial score (nSPS) is 10.5. The molecule has 0 unspecified atom stereocenters. The van der Waals surface area contributed by atoms with Gasteiger partial charge in [0.1, 0.15) is 5.01 Å². The van der Waals surface area contributed by atoms with Crippen molar-refractivity contribution in [3.8, 4) is 16.2 Å². The number of thiazole rings is 1. The van der Waals surface area contributed by atoms with Crippen molar-refractivity contribution in [1.29, 1.82) is 0 Å². The van der Waals surface area contributed by atoms with Crippen LogP contribution in [0.25, 0.3) is 10.4 Å². The van der Waals surface area contributed by atoms with E-state index in [1.807, 2.05) is 13.0 Å². The molecule has 0 fully saturated rings. The number of hydrogen-bond acceptors (Lipinski definition) is 4. The van der Waals surface area contributed by atoms with Crippen LogP contribution in [0.5, 0.6) is 5.75 Å². The summed E-state index contributed by atoms with van der Waals surface area (Å²) >= 11 is 1.47. The molecule has 0 aliphatic heterocycles. The van der Waals surface area contributed by atoms with Crippen molar-refractivity contribution in [2.45, 2.75) is 13.5 Å². The highest BCUT2D eigenvalue weighted by Crippen LogP contribution is 2.29. The highest BCUT2D eigenvalue weighted by Gasteiger charge is 2.08. The van der Waals surface area contributed by atoms with Crippen molar-refractivity contribution < 1.29 is 9.13 Å². The molecule has 17 heavy (non-hydrogen) atoms. The van der Waals surface area contributed by atoms with Gasteiger partial charge in [0.2, 0.25) is 0 Å². The largest absolute Gasteiger partial charge is 0.491 e. The van der Waals surface area contributed by atoms with Crippen LogP contribution in [-0.4, -0.2) is 11.6 Å². The van der Waals surface area contributed by atoms with Crippen molar-refractivity contribution in [2.75, 3.05) is 6.61 Å². The van der Waals surface area contributed by atoms with Gasteiger partial charge in [-0.05, 0) is 30.7 Å². The first-order chi connectivity index (χ1) is 8.24. The summed E-state index contributed by atoms with van der Waals surface area (Å²) in [5, 5.41) is 0.842. The lowest BCUT2D eigenvalue weighted by Crippen LogP contribution is -1.94. The molecular formula is C12H13FN2OS. The number of ether oxygens (including phenoxy) is 1. The Bertz CT molecular complexity index is 513. The summed E-state index contributed by atoms with van der Waals surface area (Å²) in [6.45, 7) is 2.68. The van der Waals surface area contributed by atoms with E-state index < -0.39 is 0 Å². The Morgan fingerprint density at radius 3 is 2.88 bits per heavy atom. The molecular weight excluding hydrogens is 239 g/mol. The van der Waals surface area contributed by atoms with Gasteiger partial charge < -0.3 is 10.5 Å². The van der Waals surface area contributed by atoms with Gasteiger partial charge in [-0.1, -0.05) is 0 Å². The summed E-state index contributed by atoms with van der Waals surface area (Å²) in [4.78, 5) is 5.05. The van der Waals surface area contributed by atoms with E-state index in [-0.39, 0.29) is 11.6 Å². The molecule has 2 N–H and O–H groups in total. The van der Waals surface area contributed by atoms with E-state index >= 15 is 0 Å². The Kier molecular flexibility index (Phi) is 3.71. The first-order valence-electron chi connectivity index (χ1n) is 5.32. The molecule has 2 aromatic rings. The molecule has 0 spiro atoms. The van der Waals surface area contributed by atoms with Crippen LogP contribution in [0.3, 0.4) is 0 Å². The van der Waals surface area contributed by atoms with E-state index in [9.17, 15) is 4.39 Å². The van der Waals surface area contributed by atoms with Gasteiger partial charge >= 0.3 is 0 Å². The number of benzene rings is 1. The summed E-state index contributed by atoms with van der Waals surface area (Å²) in [5.41, 5.74) is 6.28. The molecule has 0 amide bonds. The van der Waals surface area contributed by atoms with Gasteiger partial charge in [0.05, 0.1) is 11.5 Å². The second kappa shape index (κ2) is 5.25. The van der Waals surface area contributed by atoms with Gasteiger partial charge in [0, 0.05) is 12.7 Å². The lowest BCUT2D eigenvalue weighted by Gasteiger charge is -2.05. The monoisotopic (exact) mass is 252 g/mol. The van der Waals surface area contributed by atoms with Crippen LogP contribution in [0.1, 0.15) is 11.9 Å². The number of nitrogens with zero attached hydrogens (tertiary/aromatic N) is 1. The maximum atomic E-state index is 13.6. The Morgan fingerprint density at radius 1 is 1.47 bits per heavy atom. The Labute approximate surface area is 103 Å². The van der Waals surface area contributed by atoms with E-state index in [4.69, 9.17) is 10.5 Å². The van der Waals surface area contributed by atoms with Crippen LogP contribution in [0.4, 0.5) is 4.39 Å². The van der Waals surface area contributed by atoms with Crippen LogP contribution in [-0.2, 0) is 6.54 Å². The van der Waals surface area contributed by atoms with Crippen molar-refractivity contribution in [1.82, 2.24) is 4.98 Å². The zero-order valence-electron chi connectivity index (χ0n) is 9.44. The van der Waals surface area contributed by atoms with E-state index in [1.165, 1.54) is 17.4 Å². The molecule has 0 aliphatic carbocycles. The molecule has 0 saturated heterocycles. The predicted octanol–water partition coefficient (Wildman–Crippen LogP) is 2.81. The lowest BCUT2D eigenvalue weighted by atomic mass is 10.2. The Balaban J connectivity index is 2.30. The van der Waals surface area contributed by atoms with E-state index in [0.717, 1.165) is 15.4 Å². The third-order valence-electron chi connectivity index (χ3n) is 2.24. The van der Waals surface area contributed by atoms with Crippen molar-refractivity contribution in [3.05, 3.63) is 35.2 Å². The SMILES string of the molecule is CCOc1ccc(-c2cnc(CN)s2)cc1F. The van der Waals surface area contributed by atoms with E-state index in [2.05, 4.69) is 4.98 Å². The van der Waals surface area contributed by atoms with Crippen LogP contribution in [0.2, 0.25) is 0 Å². The molecule has 0 bridgehead atoms. The molecule has 90 valence electrons. The highest BCUT2D eigenvalue weighted by molar-refractivity contribution is 7.15. The summed E-state index contributed by atoms with van der Waals surface area (Å²) in [6.07, 6.45) is 1.71. The maximum absolute atomic E-state index is 13.6. The molecule has 5 heteroatoms. The Hall–Kier alpha value is -1.46. The number of aromatic nitrogens is 1. The minimum atomic E-state index is -0.355. The minimum absolute atomic E-state index is 0.278. The molecule has 0 atom stereocenters. The molecule has 0 radical (unpaired) electrons. The topological polar surface area (TPSA) is 48.1 Å². The summed E-state index contributed by atoms with van der Waals surface area (Å²) in [7, 11) is 0. The Morgan fingerprint density at radius 2 is 2.29 bits per heavy atom. The number of nitrogens with two attached hydrogens (primary N) is 1. The van der Waals surface area contributed by atoms with Crippen molar-refractivity contribution in [2.24, 2.45) is 5.73 Å². The standard InChI is InChI=1S/C12H13FN2OS/c1-2-16-10-4-3-8(5-9(10)13)11-7-15-12(6-14)17-11/h3-5,7H,2,6,14H2,1H3. The number of rotatable bonds is 4. The summed E-state index contributed by atoms with van der Waals surface area (Å²) in [6, 6.07) is 4.91. The van der Waals surface area contributed by atoms with Crippen LogP contribution in [0.15, 0.2) is 24.4 Å².